The van der Waals surface area contributed by atoms with Crippen LogP contribution in [-0.2, 0) is 9.59 Å². The van der Waals surface area contributed by atoms with E-state index in [0.29, 0.717) is 11.3 Å². The number of hydrogen-bond donors (Lipinski definition) is 1. The summed E-state index contributed by atoms with van der Waals surface area (Å²) in [6.07, 6.45) is -0.0191. The maximum atomic E-state index is 11.6. The van der Waals surface area contributed by atoms with Gasteiger partial charge in [0.1, 0.15) is 0 Å². The van der Waals surface area contributed by atoms with Gasteiger partial charge in [-0.2, -0.15) is 5.26 Å². The zero-order chi connectivity index (χ0) is 13.5. The molecule has 1 rings (SSSR count). The van der Waals surface area contributed by atoms with Crippen molar-refractivity contribution < 1.29 is 14.7 Å². The number of carboxylic acids is 1. The van der Waals surface area contributed by atoms with Crippen LogP contribution in [0, 0.1) is 17.2 Å². The number of nitriles is 1. The lowest BCUT2D eigenvalue weighted by molar-refractivity contribution is -0.306. The van der Waals surface area contributed by atoms with Crippen molar-refractivity contribution in [1.82, 2.24) is 0 Å². The summed E-state index contributed by atoms with van der Waals surface area (Å²) in [5.41, 5.74) is 1.10. The predicted octanol–water partition coefficient (Wildman–Crippen LogP) is 0.663. The zero-order valence-corrected chi connectivity index (χ0v) is 9.97. The van der Waals surface area contributed by atoms with Crippen molar-refractivity contribution in [2.24, 2.45) is 5.92 Å². The first kappa shape index (κ1) is 13.7. The van der Waals surface area contributed by atoms with Gasteiger partial charge in [0.2, 0.25) is 5.91 Å². The van der Waals surface area contributed by atoms with Gasteiger partial charge >= 0.3 is 0 Å². The van der Waals surface area contributed by atoms with Crippen LogP contribution >= 0.6 is 0 Å². The van der Waals surface area contributed by atoms with Gasteiger partial charge in [0.15, 0.2) is 0 Å². The molecule has 0 heterocycles. The van der Waals surface area contributed by atoms with Crippen LogP contribution in [0.4, 0.5) is 5.69 Å². The molecule has 1 amide bonds. The highest BCUT2D eigenvalue weighted by molar-refractivity contribution is 5.91. The molecule has 0 saturated heterocycles. The number of anilines is 1. The molecule has 1 N–H and O–H groups in total. The number of rotatable bonds is 5. The minimum Gasteiger partial charge on any atom is -0.550 e. The maximum Gasteiger partial charge on any atom is 0.224 e. The van der Waals surface area contributed by atoms with E-state index >= 15 is 0 Å². The van der Waals surface area contributed by atoms with Gasteiger partial charge in [-0.05, 0) is 36.6 Å². The molecule has 0 bridgehead atoms. The molecule has 1 aromatic carbocycles. The summed E-state index contributed by atoms with van der Waals surface area (Å²) in [6.45, 7) is 1.67. The normalized spacial score (nSPS) is 11.3. The average molecular weight is 245 g/mol. The van der Waals surface area contributed by atoms with Crippen LogP contribution in [0.2, 0.25) is 0 Å². The molecule has 5 heteroatoms. The van der Waals surface area contributed by atoms with E-state index in [1.807, 2.05) is 6.07 Å². The van der Waals surface area contributed by atoms with Gasteiger partial charge in [0.05, 0.1) is 11.6 Å². The number of benzene rings is 1. The quantitative estimate of drug-likeness (QED) is 0.824. The molecular formula is C13H13N2O3-. The van der Waals surface area contributed by atoms with E-state index in [1.165, 1.54) is 0 Å². The Balaban J connectivity index is 2.49. The maximum absolute atomic E-state index is 11.6. The Hall–Kier alpha value is -2.35. The lowest BCUT2D eigenvalue weighted by atomic mass is 10.0. The van der Waals surface area contributed by atoms with E-state index in [0.717, 1.165) is 0 Å². The predicted molar refractivity (Wildman–Crippen MR) is 63.2 cm³/mol. The first-order chi connectivity index (χ1) is 8.51. The number of nitrogens with one attached hydrogen (secondary N) is 1. The summed E-state index contributed by atoms with van der Waals surface area (Å²) in [5, 5.41) is 21.6. The van der Waals surface area contributed by atoms with Crippen LogP contribution in [-0.4, -0.2) is 11.9 Å². The second-order valence-corrected chi connectivity index (χ2v) is 4.12. The molecule has 5 nitrogen and oxygen atoms in total. The van der Waals surface area contributed by atoms with Crippen LogP contribution in [0.1, 0.15) is 25.3 Å². The fourth-order valence-corrected chi connectivity index (χ4v) is 1.51. The number of nitrogens with zero attached hydrogens (tertiary/aromatic N) is 1. The molecule has 0 radical (unpaired) electrons. The molecule has 0 aliphatic carbocycles. The Bertz CT molecular complexity index is 474. The highest BCUT2D eigenvalue weighted by Gasteiger charge is 2.09. The topological polar surface area (TPSA) is 93.0 Å². The van der Waals surface area contributed by atoms with E-state index in [2.05, 4.69) is 5.32 Å². The standard InChI is InChI=1S/C13H14N2O3/c1-9(7-13(17)18)6-12(16)15-11-4-2-10(8-14)3-5-11/h2-5,9H,6-7H2,1H3,(H,15,16)(H,17,18)/p-1/t9-/m1/s1. The monoisotopic (exact) mass is 245 g/mol. The molecule has 0 saturated carbocycles. The minimum absolute atomic E-state index is 0.119. The number of carbonyl (C=O) groups is 2. The number of carboxylic acid groups (broad SMARTS) is 1. The highest BCUT2D eigenvalue weighted by atomic mass is 16.4. The third kappa shape index (κ3) is 4.66. The van der Waals surface area contributed by atoms with Crippen LogP contribution in [0.5, 0.6) is 0 Å². The van der Waals surface area contributed by atoms with Crippen LogP contribution < -0.4 is 10.4 Å². The molecule has 0 aliphatic rings. The number of amides is 1. The van der Waals surface area contributed by atoms with E-state index in [-0.39, 0.29) is 24.7 Å². The molecule has 0 fully saturated rings. The van der Waals surface area contributed by atoms with E-state index in [9.17, 15) is 14.7 Å². The lowest BCUT2D eigenvalue weighted by Crippen LogP contribution is -2.26. The second-order valence-electron chi connectivity index (χ2n) is 4.12. The Morgan fingerprint density at radius 3 is 2.44 bits per heavy atom. The third-order valence-electron chi connectivity index (χ3n) is 2.35. The summed E-state index contributed by atoms with van der Waals surface area (Å²) >= 11 is 0. The van der Waals surface area contributed by atoms with Crippen LogP contribution in [0.15, 0.2) is 24.3 Å². The molecular weight excluding hydrogens is 232 g/mol. The zero-order valence-electron chi connectivity index (χ0n) is 9.97. The van der Waals surface area contributed by atoms with E-state index in [1.54, 1.807) is 31.2 Å². The van der Waals surface area contributed by atoms with Gasteiger partial charge < -0.3 is 15.2 Å². The van der Waals surface area contributed by atoms with Crippen molar-refractivity contribution in [2.45, 2.75) is 19.8 Å². The van der Waals surface area contributed by atoms with Crippen molar-refractivity contribution in [2.75, 3.05) is 5.32 Å². The Kier molecular flexibility index (Phi) is 4.88. The van der Waals surface area contributed by atoms with Crippen molar-refractivity contribution >= 4 is 17.6 Å². The van der Waals surface area contributed by atoms with Crippen molar-refractivity contribution in [3.63, 3.8) is 0 Å². The van der Waals surface area contributed by atoms with E-state index in [4.69, 9.17) is 5.26 Å². The molecule has 0 spiro atoms. The summed E-state index contributed by atoms with van der Waals surface area (Å²) in [6, 6.07) is 8.42. The van der Waals surface area contributed by atoms with E-state index < -0.39 is 5.97 Å². The highest BCUT2D eigenvalue weighted by Crippen LogP contribution is 2.12. The minimum atomic E-state index is -1.16. The molecule has 0 aliphatic heterocycles. The van der Waals surface area contributed by atoms with Gasteiger partial charge in [0, 0.05) is 18.1 Å². The molecule has 1 atom stereocenters. The molecule has 1 aromatic rings. The smallest absolute Gasteiger partial charge is 0.224 e. The summed E-state index contributed by atoms with van der Waals surface area (Å²) in [5.74, 6) is -1.68. The second kappa shape index (κ2) is 6.40. The summed E-state index contributed by atoms with van der Waals surface area (Å²) in [4.78, 5) is 21.9. The summed E-state index contributed by atoms with van der Waals surface area (Å²) < 4.78 is 0. The third-order valence-corrected chi connectivity index (χ3v) is 2.35. The van der Waals surface area contributed by atoms with Crippen LogP contribution in [0.3, 0.4) is 0 Å². The fraction of sp³-hybridized carbons (Fsp3) is 0.308. The Morgan fingerprint density at radius 2 is 1.94 bits per heavy atom. The average Bonchev–Trinajstić information content (AvgIpc) is 2.28. The number of carbonyl (C=O) groups excluding carboxylic acids is 2. The number of hydrogen-bond acceptors (Lipinski definition) is 4. The van der Waals surface area contributed by atoms with Crippen molar-refractivity contribution in [1.29, 1.82) is 5.26 Å². The Labute approximate surface area is 105 Å². The fourth-order valence-electron chi connectivity index (χ4n) is 1.51. The molecule has 94 valence electrons. The van der Waals surface area contributed by atoms with Gasteiger partial charge in [-0.15, -0.1) is 0 Å². The number of aliphatic carboxylic acids is 1. The van der Waals surface area contributed by atoms with Gasteiger partial charge in [-0.1, -0.05) is 6.92 Å². The molecule has 18 heavy (non-hydrogen) atoms. The largest absolute Gasteiger partial charge is 0.550 e. The lowest BCUT2D eigenvalue weighted by Gasteiger charge is -2.11. The van der Waals surface area contributed by atoms with Gasteiger partial charge in [-0.3, -0.25) is 4.79 Å². The van der Waals surface area contributed by atoms with Crippen molar-refractivity contribution in [3.8, 4) is 6.07 Å². The first-order valence-electron chi connectivity index (χ1n) is 5.51. The van der Waals surface area contributed by atoms with Crippen LogP contribution in [0.25, 0.3) is 0 Å². The van der Waals surface area contributed by atoms with Crippen molar-refractivity contribution in [3.05, 3.63) is 29.8 Å². The SMILES string of the molecule is C[C@@H](CC(=O)[O-])CC(=O)Nc1ccc(C#N)cc1. The molecule has 0 unspecified atom stereocenters. The molecule has 0 aromatic heterocycles. The van der Waals surface area contributed by atoms with Gasteiger partial charge in [0.25, 0.3) is 0 Å². The Morgan fingerprint density at radius 1 is 1.33 bits per heavy atom. The van der Waals surface area contributed by atoms with Gasteiger partial charge in [-0.25, -0.2) is 0 Å². The summed E-state index contributed by atoms with van der Waals surface area (Å²) in [7, 11) is 0. The first-order valence-corrected chi connectivity index (χ1v) is 5.51.